The van der Waals surface area contributed by atoms with Crippen molar-refractivity contribution < 1.29 is 10.0 Å². The number of thiazole rings is 1. The van der Waals surface area contributed by atoms with E-state index in [2.05, 4.69) is 4.98 Å². The second-order valence-electron chi connectivity index (χ2n) is 3.06. The van der Waals surface area contributed by atoms with Crippen LogP contribution in [0.5, 0.6) is 0 Å². The smallest absolute Gasteiger partial charge is 0.279 e. The topological polar surface area (TPSA) is 76.3 Å². The van der Waals surface area contributed by atoms with Crippen LogP contribution >= 0.6 is 11.3 Å². The number of rotatable bonds is 3. The first kappa shape index (κ1) is 10.7. The van der Waals surface area contributed by atoms with Crippen LogP contribution in [0.3, 0.4) is 0 Å². The highest BCUT2D eigenvalue weighted by atomic mass is 32.1. The lowest BCUT2D eigenvalue weighted by Crippen LogP contribution is -1.90. The zero-order valence-electron chi connectivity index (χ0n) is 8.16. The Morgan fingerprint density at radius 2 is 2.19 bits per heavy atom. The lowest BCUT2D eigenvalue weighted by Gasteiger charge is -1.97. The van der Waals surface area contributed by atoms with Crippen LogP contribution in [0.4, 0.5) is 5.69 Å². The van der Waals surface area contributed by atoms with Gasteiger partial charge in [0.05, 0.1) is 22.0 Å². The summed E-state index contributed by atoms with van der Waals surface area (Å²) in [5.74, 6) is 0. The molecule has 0 amide bonds. The first-order valence-corrected chi connectivity index (χ1v) is 5.33. The molecule has 0 saturated carbocycles. The van der Waals surface area contributed by atoms with Crippen LogP contribution in [0.2, 0.25) is 0 Å². The van der Waals surface area contributed by atoms with Gasteiger partial charge in [-0.15, -0.1) is 11.3 Å². The Labute approximate surface area is 95.2 Å². The summed E-state index contributed by atoms with van der Waals surface area (Å²) in [7, 11) is 0. The monoisotopic (exact) mass is 236 g/mol. The molecule has 1 heterocycles. The van der Waals surface area contributed by atoms with Crippen molar-refractivity contribution >= 4 is 17.0 Å². The molecule has 82 valence electrons. The molecule has 1 aromatic heterocycles. The standard InChI is InChI=1S/C10H8N2O3S/c13-6-7-5-11-10(16-7)8-3-1-2-4-9(8)12(14)15/h1-5,13H,6H2. The Hall–Kier alpha value is -1.79. The van der Waals surface area contributed by atoms with E-state index in [1.807, 2.05) is 0 Å². The zero-order valence-corrected chi connectivity index (χ0v) is 8.98. The molecule has 0 unspecified atom stereocenters. The quantitative estimate of drug-likeness (QED) is 0.654. The molecule has 0 aliphatic rings. The number of nitrogens with zero attached hydrogens (tertiary/aromatic N) is 2. The molecule has 0 bridgehead atoms. The van der Waals surface area contributed by atoms with Crippen LogP contribution in [-0.4, -0.2) is 15.0 Å². The zero-order chi connectivity index (χ0) is 11.5. The maximum atomic E-state index is 10.8. The van der Waals surface area contributed by atoms with Crippen molar-refractivity contribution in [1.29, 1.82) is 0 Å². The molecule has 6 heteroatoms. The molecule has 0 fully saturated rings. The molecule has 5 nitrogen and oxygen atoms in total. The van der Waals surface area contributed by atoms with Crippen molar-refractivity contribution in [2.24, 2.45) is 0 Å². The third kappa shape index (κ3) is 1.93. The molecular formula is C10H8N2O3S. The number of aliphatic hydroxyl groups excluding tert-OH is 1. The van der Waals surface area contributed by atoms with Gasteiger partial charge in [-0.2, -0.15) is 0 Å². The third-order valence-electron chi connectivity index (χ3n) is 2.04. The average Bonchev–Trinajstić information content (AvgIpc) is 2.77. The fourth-order valence-corrected chi connectivity index (χ4v) is 2.13. The van der Waals surface area contributed by atoms with Gasteiger partial charge in [0, 0.05) is 12.3 Å². The Balaban J connectivity index is 2.50. The Morgan fingerprint density at radius 3 is 2.81 bits per heavy atom. The SMILES string of the molecule is O=[N+]([O-])c1ccccc1-c1ncc(CO)s1. The highest BCUT2D eigenvalue weighted by Crippen LogP contribution is 2.32. The van der Waals surface area contributed by atoms with E-state index in [9.17, 15) is 10.1 Å². The van der Waals surface area contributed by atoms with Crippen LogP contribution in [0.1, 0.15) is 4.88 Å². The third-order valence-corrected chi connectivity index (χ3v) is 3.06. The molecule has 0 spiro atoms. The summed E-state index contributed by atoms with van der Waals surface area (Å²) in [6.07, 6.45) is 1.52. The highest BCUT2D eigenvalue weighted by Gasteiger charge is 2.16. The van der Waals surface area contributed by atoms with Crippen molar-refractivity contribution in [3.63, 3.8) is 0 Å². The summed E-state index contributed by atoms with van der Waals surface area (Å²) in [4.78, 5) is 15.1. The summed E-state index contributed by atoms with van der Waals surface area (Å²) in [6.45, 7) is -0.0989. The second kappa shape index (κ2) is 4.38. The van der Waals surface area contributed by atoms with Gasteiger partial charge in [-0.25, -0.2) is 4.98 Å². The molecule has 0 aliphatic heterocycles. The Kier molecular flexibility index (Phi) is 2.93. The molecule has 0 aliphatic carbocycles. The fourth-order valence-electron chi connectivity index (χ4n) is 1.32. The van der Waals surface area contributed by atoms with E-state index in [0.717, 1.165) is 0 Å². The van der Waals surface area contributed by atoms with E-state index in [1.54, 1.807) is 18.2 Å². The maximum Gasteiger partial charge on any atom is 0.279 e. The number of hydrogen-bond acceptors (Lipinski definition) is 5. The van der Waals surface area contributed by atoms with Gasteiger partial charge in [-0.1, -0.05) is 12.1 Å². The van der Waals surface area contributed by atoms with Crippen LogP contribution in [-0.2, 0) is 6.61 Å². The molecule has 2 rings (SSSR count). The molecule has 2 aromatic rings. The second-order valence-corrected chi connectivity index (χ2v) is 4.18. The number of nitro groups is 1. The van der Waals surface area contributed by atoms with E-state index >= 15 is 0 Å². The van der Waals surface area contributed by atoms with Crippen LogP contribution in [0.15, 0.2) is 30.5 Å². The first-order valence-electron chi connectivity index (χ1n) is 4.51. The van der Waals surface area contributed by atoms with E-state index in [1.165, 1.54) is 23.6 Å². The van der Waals surface area contributed by atoms with Crippen LogP contribution in [0.25, 0.3) is 10.6 Å². The predicted octanol–water partition coefficient (Wildman–Crippen LogP) is 2.21. The number of benzene rings is 1. The largest absolute Gasteiger partial charge is 0.391 e. The van der Waals surface area contributed by atoms with Gasteiger partial charge in [0.15, 0.2) is 0 Å². The number of para-hydroxylation sites is 1. The van der Waals surface area contributed by atoms with Gasteiger partial charge in [0.25, 0.3) is 5.69 Å². The van der Waals surface area contributed by atoms with Gasteiger partial charge < -0.3 is 5.11 Å². The number of aliphatic hydroxyl groups is 1. The minimum atomic E-state index is -0.435. The van der Waals surface area contributed by atoms with Crippen molar-refractivity contribution in [2.75, 3.05) is 0 Å². The van der Waals surface area contributed by atoms with Crippen molar-refractivity contribution in [1.82, 2.24) is 4.98 Å². The highest BCUT2D eigenvalue weighted by molar-refractivity contribution is 7.15. The van der Waals surface area contributed by atoms with Crippen molar-refractivity contribution in [2.45, 2.75) is 6.61 Å². The van der Waals surface area contributed by atoms with E-state index in [4.69, 9.17) is 5.11 Å². The first-order chi connectivity index (χ1) is 7.72. The lowest BCUT2D eigenvalue weighted by molar-refractivity contribution is -0.384. The Bertz CT molecular complexity index is 524. The van der Waals surface area contributed by atoms with E-state index < -0.39 is 4.92 Å². The molecular weight excluding hydrogens is 228 g/mol. The molecule has 1 N–H and O–H groups in total. The molecule has 0 atom stereocenters. The van der Waals surface area contributed by atoms with Crippen LogP contribution in [0, 0.1) is 10.1 Å². The van der Waals surface area contributed by atoms with Gasteiger partial charge in [0.1, 0.15) is 5.01 Å². The summed E-state index contributed by atoms with van der Waals surface area (Å²) in [5, 5.41) is 20.3. The molecule has 0 saturated heterocycles. The van der Waals surface area contributed by atoms with Crippen LogP contribution < -0.4 is 0 Å². The van der Waals surface area contributed by atoms with Crippen molar-refractivity contribution in [3.05, 3.63) is 45.5 Å². The number of aromatic nitrogens is 1. The average molecular weight is 236 g/mol. The predicted molar refractivity (Wildman–Crippen MR) is 60.1 cm³/mol. The minimum Gasteiger partial charge on any atom is -0.391 e. The normalized spacial score (nSPS) is 10.3. The van der Waals surface area contributed by atoms with Gasteiger partial charge in [0.2, 0.25) is 0 Å². The summed E-state index contributed by atoms with van der Waals surface area (Å²) in [6, 6.07) is 6.43. The summed E-state index contributed by atoms with van der Waals surface area (Å²) in [5.41, 5.74) is 0.513. The lowest BCUT2D eigenvalue weighted by atomic mass is 10.2. The fraction of sp³-hybridized carbons (Fsp3) is 0.100. The molecule has 16 heavy (non-hydrogen) atoms. The number of nitro benzene ring substituents is 1. The summed E-state index contributed by atoms with van der Waals surface area (Å²) >= 11 is 1.25. The Morgan fingerprint density at radius 1 is 1.44 bits per heavy atom. The molecule has 1 aromatic carbocycles. The van der Waals surface area contributed by atoms with Crippen molar-refractivity contribution in [3.8, 4) is 10.6 Å². The van der Waals surface area contributed by atoms with Gasteiger partial charge in [-0.3, -0.25) is 10.1 Å². The number of hydrogen-bond donors (Lipinski definition) is 1. The van der Waals surface area contributed by atoms with E-state index in [0.29, 0.717) is 15.4 Å². The summed E-state index contributed by atoms with van der Waals surface area (Å²) < 4.78 is 0. The van der Waals surface area contributed by atoms with Gasteiger partial charge in [-0.05, 0) is 6.07 Å². The minimum absolute atomic E-state index is 0.0290. The van der Waals surface area contributed by atoms with Gasteiger partial charge >= 0.3 is 0 Å². The molecule has 0 radical (unpaired) electrons. The maximum absolute atomic E-state index is 10.8. The van der Waals surface area contributed by atoms with E-state index in [-0.39, 0.29) is 12.3 Å².